The average Bonchev–Trinajstić information content (AvgIpc) is 2.71. The summed E-state index contributed by atoms with van der Waals surface area (Å²) in [5.74, 6) is -0.869. The van der Waals surface area contributed by atoms with E-state index in [4.69, 9.17) is 16.3 Å². The highest BCUT2D eigenvalue weighted by molar-refractivity contribution is 6.30. The van der Waals surface area contributed by atoms with E-state index in [1.165, 1.54) is 0 Å². The van der Waals surface area contributed by atoms with Crippen LogP contribution in [0.4, 0.5) is 17.1 Å². The molecule has 5 nitrogen and oxygen atoms in total. The molecule has 0 aliphatic heterocycles. The molecule has 6 heteroatoms. The number of hydrogen-bond acceptors (Lipinski definition) is 4. The number of hydrogen-bond donors (Lipinski definition) is 2. The van der Waals surface area contributed by atoms with Crippen molar-refractivity contribution < 1.29 is 14.6 Å². The molecule has 0 bridgehead atoms. The third-order valence-electron chi connectivity index (χ3n) is 5.26. The van der Waals surface area contributed by atoms with E-state index in [1.54, 1.807) is 0 Å². The second kappa shape index (κ2) is 11.8. The van der Waals surface area contributed by atoms with Crippen molar-refractivity contribution in [2.24, 2.45) is 0 Å². The highest BCUT2D eigenvalue weighted by Gasteiger charge is 2.19. The lowest BCUT2D eigenvalue weighted by atomic mass is 9.96. The monoisotopic (exact) mass is 432 g/mol. The van der Waals surface area contributed by atoms with Crippen LogP contribution in [0.3, 0.4) is 0 Å². The Bertz CT molecular complexity index is 811. The number of halogens is 1. The molecule has 0 saturated heterocycles. The van der Waals surface area contributed by atoms with E-state index >= 15 is 0 Å². The maximum atomic E-state index is 11.2. The first kappa shape index (κ1) is 24.0. The lowest BCUT2D eigenvalue weighted by Crippen LogP contribution is -2.34. The third-order valence-corrected chi connectivity index (χ3v) is 5.51. The van der Waals surface area contributed by atoms with Crippen LogP contribution in [-0.4, -0.2) is 36.9 Å². The van der Waals surface area contributed by atoms with Crippen LogP contribution in [-0.2, 0) is 9.53 Å². The van der Waals surface area contributed by atoms with Gasteiger partial charge in [0, 0.05) is 36.5 Å². The fraction of sp³-hybridized carbons (Fsp3) is 0.458. The molecule has 0 aromatic heterocycles. The molecule has 2 rings (SSSR count). The van der Waals surface area contributed by atoms with Crippen LogP contribution < -0.4 is 10.2 Å². The summed E-state index contributed by atoms with van der Waals surface area (Å²) < 4.78 is 5.55. The predicted molar refractivity (Wildman–Crippen MR) is 125 cm³/mol. The maximum absolute atomic E-state index is 11.2. The lowest BCUT2D eigenvalue weighted by molar-refractivity contribution is -0.137. The molecule has 2 aromatic rings. The predicted octanol–water partition coefficient (Wildman–Crippen LogP) is 6.30. The number of nitrogens with zero attached hydrogens (tertiary/aromatic N) is 1. The van der Waals surface area contributed by atoms with E-state index in [-0.39, 0.29) is 12.3 Å². The Kier molecular flexibility index (Phi) is 9.47. The molecular weight excluding hydrogens is 400 g/mol. The minimum absolute atomic E-state index is 0.0761. The second-order valence-electron chi connectivity index (χ2n) is 7.53. The Morgan fingerprint density at radius 1 is 1.17 bits per heavy atom. The largest absolute Gasteiger partial charge is 0.481 e. The van der Waals surface area contributed by atoms with Gasteiger partial charge >= 0.3 is 5.97 Å². The topological polar surface area (TPSA) is 61.8 Å². The van der Waals surface area contributed by atoms with Crippen LogP contribution >= 0.6 is 11.6 Å². The van der Waals surface area contributed by atoms with Crippen LogP contribution in [0.25, 0.3) is 0 Å². The van der Waals surface area contributed by atoms with E-state index in [0.29, 0.717) is 11.1 Å². The Hall–Kier alpha value is -2.24. The minimum atomic E-state index is -0.793. The molecular formula is C24H33ClN2O3. The summed E-state index contributed by atoms with van der Waals surface area (Å²) in [4.78, 5) is 13.5. The highest BCUT2D eigenvalue weighted by atomic mass is 35.5. The molecule has 2 atom stereocenters. The number of anilines is 3. The number of rotatable bonds is 12. The molecule has 0 saturated carbocycles. The van der Waals surface area contributed by atoms with E-state index in [1.807, 2.05) is 44.2 Å². The summed E-state index contributed by atoms with van der Waals surface area (Å²) >= 11 is 6.03. The Morgan fingerprint density at radius 2 is 1.87 bits per heavy atom. The lowest BCUT2D eigenvalue weighted by Gasteiger charge is -2.32. The van der Waals surface area contributed by atoms with E-state index < -0.39 is 5.97 Å². The quantitative estimate of drug-likeness (QED) is 0.385. The van der Waals surface area contributed by atoms with E-state index in [2.05, 4.69) is 36.2 Å². The second-order valence-corrected chi connectivity index (χ2v) is 7.96. The van der Waals surface area contributed by atoms with Gasteiger partial charge in [-0.1, -0.05) is 24.6 Å². The Balaban J connectivity index is 2.38. The number of carboxylic acid groups (broad SMARTS) is 1. The molecule has 0 aliphatic rings. The Morgan fingerprint density at radius 3 is 2.47 bits per heavy atom. The first-order valence-electron chi connectivity index (χ1n) is 10.6. The van der Waals surface area contributed by atoms with Crippen molar-refractivity contribution >= 4 is 34.6 Å². The van der Waals surface area contributed by atoms with Crippen molar-refractivity contribution in [1.82, 2.24) is 0 Å². The van der Waals surface area contributed by atoms with Crippen molar-refractivity contribution in [1.29, 1.82) is 0 Å². The van der Waals surface area contributed by atoms with Gasteiger partial charge in [0.1, 0.15) is 0 Å². The standard InChI is InChI=1S/C24H33ClN2O3/c1-5-27(18(4)13-14-30-6-2)23-12-7-19(17(3)15-24(28)29)16-22(23)26-21-10-8-20(25)9-11-21/h7-12,16-18,26H,5-6,13-15H2,1-4H3,(H,28,29). The summed E-state index contributed by atoms with van der Waals surface area (Å²) in [6, 6.07) is 14.1. The molecule has 0 amide bonds. The number of carboxylic acids is 1. The van der Waals surface area contributed by atoms with Gasteiger partial charge in [0.15, 0.2) is 0 Å². The fourth-order valence-electron chi connectivity index (χ4n) is 3.55. The maximum Gasteiger partial charge on any atom is 0.303 e. The van der Waals surface area contributed by atoms with Gasteiger partial charge in [0.25, 0.3) is 0 Å². The molecule has 0 spiro atoms. The molecule has 30 heavy (non-hydrogen) atoms. The molecule has 0 fully saturated rings. The summed E-state index contributed by atoms with van der Waals surface area (Å²) in [6.45, 7) is 10.6. The first-order chi connectivity index (χ1) is 14.3. The van der Waals surface area contributed by atoms with Gasteiger partial charge in [-0.3, -0.25) is 4.79 Å². The Labute approximate surface area is 185 Å². The molecule has 0 radical (unpaired) electrons. The molecule has 2 unspecified atom stereocenters. The summed E-state index contributed by atoms with van der Waals surface area (Å²) in [7, 11) is 0. The zero-order valence-electron chi connectivity index (χ0n) is 18.3. The zero-order valence-corrected chi connectivity index (χ0v) is 19.1. The average molecular weight is 433 g/mol. The number of benzene rings is 2. The van der Waals surface area contributed by atoms with Gasteiger partial charge in [-0.05, 0) is 75.1 Å². The van der Waals surface area contributed by atoms with Crippen molar-refractivity contribution in [2.75, 3.05) is 30.0 Å². The van der Waals surface area contributed by atoms with Crippen molar-refractivity contribution in [3.8, 4) is 0 Å². The SMILES string of the molecule is CCOCCC(C)N(CC)c1ccc(C(C)CC(=O)O)cc1Nc1ccc(Cl)cc1. The molecule has 0 heterocycles. The molecule has 0 aliphatic carbocycles. The third kappa shape index (κ3) is 6.92. The van der Waals surface area contributed by atoms with Crippen molar-refractivity contribution in [3.05, 3.63) is 53.1 Å². The summed E-state index contributed by atoms with van der Waals surface area (Å²) in [5.41, 5.74) is 3.97. The van der Waals surface area contributed by atoms with Crippen molar-refractivity contribution in [3.63, 3.8) is 0 Å². The van der Waals surface area contributed by atoms with Gasteiger partial charge in [0.2, 0.25) is 0 Å². The molecule has 164 valence electrons. The number of aliphatic carboxylic acids is 1. The fourth-order valence-corrected chi connectivity index (χ4v) is 3.68. The van der Waals surface area contributed by atoms with Gasteiger partial charge in [-0.2, -0.15) is 0 Å². The van der Waals surface area contributed by atoms with Gasteiger partial charge < -0.3 is 20.1 Å². The number of nitrogens with one attached hydrogen (secondary N) is 1. The van der Waals surface area contributed by atoms with E-state index in [0.717, 1.165) is 48.8 Å². The molecule has 2 N–H and O–H groups in total. The van der Waals surface area contributed by atoms with Gasteiger partial charge in [0.05, 0.1) is 17.8 Å². The van der Waals surface area contributed by atoms with Gasteiger partial charge in [-0.15, -0.1) is 0 Å². The minimum Gasteiger partial charge on any atom is -0.481 e. The van der Waals surface area contributed by atoms with Crippen LogP contribution in [0.2, 0.25) is 5.02 Å². The summed E-state index contributed by atoms with van der Waals surface area (Å²) in [6.07, 6.45) is 1.03. The normalized spacial score (nSPS) is 13.0. The van der Waals surface area contributed by atoms with Crippen LogP contribution in [0, 0.1) is 0 Å². The van der Waals surface area contributed by atoms with E-state index in [9.17, 15) is 9.90 Å². The van der Waals surface area contributed by atoms with Crippen LogP contribution in [0.5, 0.6) is 0 Å². The molecule has 2 aromatic carbocycles. The number of ether oxygens (including phenoxy) is 1. The van der Waals surface area contributed by atoms with Crippen LogP contribution in [0.1, 0.15) is 52.0 Å². The number of carbonyl (C=O) groups is 1. The zero-order chi connectivity index (χ0) is 22.1. The smallest absolute Gasteiger partial charge is 0.303 e. The first-order valence-corrected chi connectivity index (χ1v) is 11.0. The van der Waals surface area contributed by atoms with Crippen LogP contribution in [0.15, 0.2) is 42.5 Å². The highest BCUT2D eigenvalue weighted by Crippen LogP contribution is 2.34. The van der Waals surface area contributed by atoms with Gasteiger partial charge in [-0.25, -0.2) is 0 Å². The summed E-state index contributed by atoms with van der Waals surface area (Å²) in [5, 5.41) is 13.4. The van der Waals surface area contributed by atoms with Crippen molar-refractivity contribution in [2.45, 2.75) is 52.5 Å².